The minimum atomic E-state index is -0.209. The summed E-state index contributed by atoms with van der Waals surface area (Å²) in [4.78, 5) is 12.0. The third kappa shape index (κ3) is 3.89. The van der Waals surface area contributed by atoms with Crippen LogP contribution in [0.25, 0.3) is 0 Å². The highest BCUT2D eigenvalue weighted by atomic mass is 35.5. The van der Waals surface area contributed by atoms with Crippen LogP contribution in [0.2, 0.25) is 5.02 Å². The summed E-state index contributed by atoms with van der Waals surface area (Å²) in [7, 11) is 1.50. The second-order valence-electron chi connectivity index (χ2n) is 4.46. The Kier molecular flexibility index (Phi) is 5.44. The maximum Gasteiger partial charge on any atom is 0.255 e. The van der Waals surface area contributed by atoms with Crippen molar-refractivity contribution in [3.63, 3.8) is 0 Å². The summed E-state index contributed by atoms with van der Waals surface area (Å²) in [5.41, 5.74) is 6.33. The highest BCUT2D eigenvalue weighted by Crippen LogP contribution is 2.22. The Bertz CT molecular complexity index is 421. The molecule has 0 aliphatic rings. The molecule has 0 fully saturated rings. The SMILES string of the molecule is COc1cc(Cl)ccc1C(=O)NCC(N)C(C)C. The van der Waals surface area contributed by atoms with Crippen LogP contribution in [0.3, 0.4) is 0 Å². The Labute approximate surface area is 112 Å². The van der Waals surface area contributed by atoms with E-state index in [1.54, 1.807) is 18.2 Å². The molecule has 0 radical (unpaired) electrons. The molecule has 1 atom stereocenters. The molecule has 0 bridgehead atoms. The summed E-state index contributed by atoms with van der Waals surface area (Å²) >= 11 is 5.84. The van der Waals surface area contributed by atoms with Gasteiger partial charge in [0.2, 0.25) is 0 Å². The van der Waals surface area contributed by atoms with E-state index in [2.05, 4.69) is 5.32 Å². The van der Waals surface area contributed by atoms with Crippen LogP contribution in [-0.4, -0.2) is 25.6 Å². The molecule has 18 heavy (non-hydrogen) atoms. The highest BCUT2D eigenvalue weighted by Gasteiger charge is 2.14. The minimum Gasteiger partial charge on any atom is -0.496 e. The van der Waals surface area contributed by atoms with E-state index in [0.717, 1.165) is 0 Å². The number of rotatable bonds is 5. The lowest BCUT2D eigenvalue weighted by molar-refractivity contribution is 0.0946. The average Bonchev–Trinajstić information content (AvgIpc) is 2.34. The molecule has 5 heteroatoms. The first-order valence-corrected chi connectivity index (χ1v) is 6.20. The van der Waals surface area contributed by atoms with Crippen LogP contribution in [0.15, 0.2) is 18.2 Å². The van der Waals surface area contributed by atoms with E-state index in [1.165, 1.54) is 7.11 Å². The van der Waals surface area contributed by atoms with Crippen molar-refractivity contribution < 1.29 is 9.53 Å². The Balaban J connectivity index is 2.72. The standard InChI is InChI=1S/C13H19ClN2O2/c1-8(2)11(15)7-16-13(17)10-5-4-9(14)6-12(10)18-3/h4-6,8,11H,7,15H2,1-3H3,(H,16,17). The monoisotopic (exact) mass is 270 g/mol. The van der Waals surface area contributed by atoms with Crippen LogP contribution >= 0.6 is 11.6 Å². The second-order valence-corrected chi connectivity index (χ2v) is 4.90. The van der Waals surface area contributed by atoms with E-state index in [-0.39, 0.29) is 11.9 Å². The molecule has 0 aromatic heterocycles. The van der Waals surface area contributed by atoms with Gasteiger partial charge in [-0.2, -0.15) is 0 Å². The van der Waals surface area contributed by atoms with Gasteiger partial charge in [-0.15, -0.1) is 0 Å². The Morgan fingerprint density at radius 3 is 2.72 bits per heavy atom. The van der Waals surface area contributed by atoms with Crippen LogP contribution in [0.5, 0.6) is 5.75 Å². The predicted octanol–water partition coefficient (Wildman–Crippen LogP) is 2.06. The number of carbonyl (C=O) groups excluding carboxylic acids is 1. The lowest BCUT2D eigenvalue weighted by Crippen LogP contribution is -2.40. The summed E-state index contributed by atoms with van der Waals surface area (Å²) in [6, 6.07) is 4.84. The number of ether oxygens (including phenoxy) is 1. The van der Waals surface area contributed by atoms with Gasteiger partial charge in [0.25, 0.3) is 5.91 Å². The molecule has 4 nitrogen and oxygen atoms in total. The summed E-state index contributed by atoms with van der Waals surface area (Å²) in [6.07, 6.45) is 0. The zero-order chi connectivity index (χ0) is 13.7. The molecule has 1 amide bonds. The van der Waals surface area contributed by atoms with Crippen molar-refractivity contribution >= 4 is 17.5 Å². The summed E-state index contributed by atoms with van der Waals surface area (Å²) < 4.78 is 5.13. The normalized spacial score (nSPS) is 12.3. The van der Waals surface area contributed by atoms with Crippen LogP contribution in [0.4, 0.5) is 0 Å². The molecule has 0 saturated carbocycles. The fraction of sp³-hybridized carbons (Fsp3) is 0.462. The van der Waals surface area contributed by atoms with Gasteiger partial charge in [-0.05, 0) is 24.1 Å². The highest BCUT2D eigenvalue weighted by molar-refractivity contribution is 6.30. The minimum absolute atomic E-state index is 0.0627. The second kappa shape index (κ2) is 6.61. The number of halogens is 1. The topological polar surface area (TPSA) is 64.3 Å². The number of hydrogen-bond acceptors (Lipinski definition) is 3. The van der Waals surface area contributed by atoms with Crippen molar-refractivity contribution in [2.24, 2.45) is 11.7 Å². The fourth-order valence-electron chi connectivity index (χ4n) is 1.39. The molecule has 0 heterocycles. The maximum absolute atomic E-state index is 12.0. The average molecular weight is 271 g/mol. The lowest BCUT2D eigenvalue weighted by Gasteiger charge is -2.16. The van der Waals surface area contributed by atoms with Crippen LogP contribution < -0.4 is 15.8 Å². The Morgan fingerprint density at radius 1 is 1.50 bits per heavy atom. The molecule has 1 aromatic carbocycles. The Hall–Kier alpha value is -1.26. The largest absolute Gasteiger partial charge is 0.496 e. The van der Waals surface area contributed by atoms with Crippen molar-refractivity contribution in [3.05, 3.63) is 28.8 Å². The van der Waals surface area contributed by atoms with Gasteiger partial charge < -0.3 is 15.8 Å². The van der Waals surface area contributed by atoms with Gasteiger partial charge in [0.15, 0.2) is 0 Å². The van der Waals surface area contributed by atoms with Gasteiger partial charge in [-0.25, -0.2) is 0 Å². The van der Waals surface area contributed by atoms with Gasteiger partial charge in [-0.1, -0.05) is 25.4 Å². The van der Waals surface area contributed by atoms with Gasteiger partial charge in [0.1, 0.15) is 5.75 Å². The van der Waals surface area contributed by atoms with Crippen molar-refractivity contribution in [1.29, 1.82) is 0 Å². The molecule has 3 N–H and O–H groups in total. The summed E-state index contributed by atoms with van der Waals surface area (Å²) in [6.45, 7) is 4.46. The van der Waals surface area contributed by atoms with E-state index in [9.17, 15) is 4.79 Å². The molecule has 0 spiro atoms. The third-order valence-corrected chi connectivity index (χ3v) is 3.00. The summed E-state index contributed by atoms with van der Waals surface area (Å²) in [5.74, 6) is 0.565. The van der Waals surface area contributed by atoms with Crippen molar-refractivity contribution in [1.82, 2.24) is 5.32 Å². The molecular weight excluding hydrogens is 252 g/mol. The molecular formula is C13H19ClN2O2. The van der Waals surface area contributed by atoms with E-state index < -0.39 is 0 Å². The smallest absolute Gasteiger partial charge is 0.255 e. The lowest BCUT2D eigenvalue weighted by atomic mass is 10.1. The molecule has 1 rings (SSSR count). The van der Waals surface area contributed by atoms with Crippen molar-refractivity contribution in [3.8, 4) is 5.75 Å². The first-order chi connectivity index (χ1) is 8.45. The fourth-order valence-corrected chi connectivity index (χ4v) is 1.56. The number of benzene rings is 1. The summed E-state index contributed by atoms with van der Waals surface area (Å²) in [5, 5.41) is 3.32. The van der Waals surface area contributed by atoms with Gasteiger partial charge >= 0.3 is 0 Å². The van der Waals surface area contributed by atoms with Crippen LogP contribution in [0.1, 0.15) is 24.2 Å². The zero-order valence-corrected chi connectivity index (χ0v) is 11.6. The number of nitrogens with one attached hydrogen (secondary N) is 1. The molecule has 0 aliphatic carbocycles. The van der Waals surface area contributed by atoms with E-state index in [1.807, 2.05) is 13.8 Å². The maximum atomic E-state index is 12.0. The quantitative estimate of drug-likeness (QED) is 0.861. The van der Waals surface area contributed by atoms with Gasteiger partial charge in [0, 0.05) is 17.6 Å². The van der Waals surface area contributed by atoms with E-state index in [4.69, 9.17) is 22.1 Å². The number of amides is 1. The molecule has 100 valence electrons. The van der Waals surface area contributed by atoms with Crippen molar-refractivity contribution in [2.45, 2.75) is 19.9 Å². The van der Waals surface area contributed by atoms with Crippen LogP contribution in [-0.2, 0) is 0 Å². The number of carbonyl (C=O) groups is 1. The predicted molar refractivity (Wildman–Crippen MR) is 73.2 cm³/mol. The number of hydrogen-bond donors (Lipinski definition) is 2. The van der Waals surface area contributed by atoms with E-state index in [0.29, 0.717) is 28.8 Å². The zero-order valence-electron chi connectivity index (χ0n) is 10.9. The third-order valence-electron chi connectivity index (χ3n) is 2.76. The van der Waals surface area contributed by atoms with Crippen LogP contribution in [0, 0.1) is 5.92 Å². The first kappa shape index (κ1) is 14.8. The molecule has 0 saturated heterocycles. The van der Waals surface area contributed by atoms with E-state index >= 15 is 0 Å². The molecule has 1 aromatic rings. The van der Waals surface area contributed by atoms with Gasteiger partial charge in [-0.3, -0.25) is 4.79 Å². The molecule has 0 aliphatic heterocycles. The molecule has 1 unspecified atom stereocenters. The number of nitrogens with two attached hydrogens (primary N) is 1. The number of methoxy groups -OCH3 is 1. The Morgan fingerprint density at radius 2 is 2.17 bits per heavy atom. The van der Waals surface area contributed by atoms with Crippen molar-refractivity contribution in [2.75, 3.05) is 13.7 Å². The van der Waals surface area contributed by atoms with Gasteiger partial charge in [0.05, 0.1) is 12.7 Å². The first-order valence-electron chi connectivity index (χ1n) is 5.83.